The predicted molar refractivity (Wildman–Crippen MR) is 193 cm³/mol. The van der Waals surface area contributed by atoms with Crippen LogP contribution in [0.2, 0.25) is 0 Å². The zero-order valence-corrected chi connectivity index (χ0v) is 27.9. The van der Waals surface area contributed by atoms with E-state index in [1.165, 1.54) is 7.11 Å². The van der Waals surface area contributed by atoms with Gasteiger partial charge in [-0.05, 0) is 59.7 Å². The van der Waals surface area contributed by atoms with E-state index in [0.717, 1.165) is 55.7 Å². The first kappa shape index (κ1) is 32.6. The van der Waals surface area contributed by atoms with E-state index in [9.17, 15) is 4.79 Å². The predicted octanol–water partition coefficient (Wildman–Crippen LogP) is 7.16. The average molecular weight is 660 g/mol. The smallest absolute Gasteiger partial charge is 0.339 e. The van der Waals surface area contributed by atoms with Gasteiger partial charge in [0.2, 0.25) is 0 Å². The average Bonchev–Trinajstić information content (AvgIpc) is 3.15. The minimum absolute atomic E-state index is 0.394. The Labute approximate surface area is 291 Å². The fraction of sp³-hybridized carbons (Fsp3) is 0.171. The largest absolute Gasteiger partial charge is 0.465 e. The van der Waals surface area contributed by atoms with Crippen LogP contribution in [-0.4, -0.2) is 47.8 Å². The number of methoxy groups -OCH3 is 1. The highest BCUT2D eigenvalue weighted by Crippen LogP contribution is 2.32. The number of pyridine rings is 5. The quantitative estimate of drug-likeness (QED) is 0.0944. The maximum Gasteiger partial charge on any atom is 0.339 e. The Morgan fingerprint density at radius 3 is 1.20 bits per heavy atom. The van der Waals surface area contributed by atoms with Crippen molar-refractivity contribution in [3.63, 3.8) is 0 Å². The van der Waals surface area contributed by atoms with Gasteiger partial charge in [0.05, 0.1) is 46.5 Å². The molecule has 0 aliphatic carbocycles. The topological polar surface area (TPSA) is 97.2 Å². The second-order valence-electron chi connectivity index (χ2n) is 12.2. The highest BCUT2D eigenvalue weighted by Gasteiger charge is 2.22. The van der Waals surface area contributed by atoms with Crippen LogP contribution in [0.3, 0.4) is 0 Å². The van der Waals surface area contributed by atoms with Crippen molar-refractivity contribution in [3.05, 3.63) is 173 Å². The molecule has 0 spiro atoms. The summed E-state index contributed by atoms with van der Waals surface area (Å²) in [5, 5.41) is 1.52. The second-order valence-corrected chi connectivity index (χ2v) is 12.2. The minimum Gasteiger partial charge on any atom is -0.465 e. The van der Waals surface area contributed by atoms with Crippen molar-refractivity contribution in [2.24, 2.45) is 0 Å². The third-order valence-electron chi connectivity index (χ3n) is 8.63. The lowest BCUT2D eigenvalue weighted by atomic mass is 9.97. The van der Waals surface area contributed by atoms with E-state index in [1.807, 2.05) is 122 Å². The summed E-state index contributed by atoms with van der Waals surface area (Å²) in [6, 6.07) is 35.9. The van der Waals surface area contributed by atoms with Crippen LogP contribution < -0.4 is 0 Å². The summed E-state index contributed by atoms with van der Waals surface area (Å²) in [6.45, 7) is 3.60. The number of rotatable bonds is 13. The summed E-state index contributed by atoms with van der Waals surface area (Å²) in [5.41, 5.74) is 7.87. The molecule has 7 aromatic rings. The molecule has 0 bridgehead atoms. The number of nitrogens with zero attached hydrogens (tertiary/aromatic N) is 7. The molecule has 248 valence electrons. The van der Waals surface area contributed by atoms with Crippen molar-refractivity contribution in [3.8, 4) is 0 Å². The lowest BCUT2D eigenvalue weighted by Gasteiger charge is -2.24. The van der Waals surface area contributed by atoms with Crippen LogP contribution in [0.1, 0.15) is 44.3 Å². The monoisotopic (exact) mass is 659 g/mol. The number of carbonyl (C=O) groups excluding carboxylic acids is 1. The Hall–Kier alpha value is -5.90. The molecule has 9 nitrogen and oxygen atoms in total. The number of hydrogen-bond acceptors (Lipinski definition) is 9. The van der Waals surface area contributed by atoms with Crippen LogP contribution >= 0.6 is 0 Å². The molecular formula is C41H37N7O2. The zero-order valence-electron chi connectivity index (χ0n) is 27.9. The number of ether oxygens (including phenoxy) is 1. The Kier molecular flexibility index (Phi) is 10.1. The van der Waals surface area contributed by atoms with Crippen molar-refractivity contribution >= 4 is 27.8 Å². The van der Waals surface area contributed by atoms with Crippen LogP contribution in [0.25, 0.3) is 21.8 Å². The van der Waals surface area contributed by atoms with Crippen LogP contribution in [0.5, 0.6) is 0 Å². The van der Waals surface area contributed by atoms with Gasteiger partial charge >= 0.3 is 5.97 Å². The number of benzene rings is 2. The fourth-order valence-corrected chi connectivity index (χ4v) is 6.38. The molecule has 0 unspecified atom stereocenters. The highest BCUT2D eigenvalue weighted by molar-refractivity contribution is 6.15. The van der Waals surface area contributed by atoms with Gasteiger partial charge in [-0.25, -0.2) is 9.78 Å². The number of carbonyl (C=O) groups is 1. The minimum atomic E-state index is -0.394. The van der Waals surface area contributed by atoms with E-state index < -0.39 is 5.97 Å². The molecule has 0 fully saturated rings. The maximum atomic E-state index is 13.6. The molecule has 0 aliphatic heterocycles. The van der Waals surface area contributed by atoms with Gasteiger partial charge in [0.15, 0.2) is 0 Å². The summed E-state index contributed by atoms with van der Waals surface area (Å²) in [6.07, 6.45) is 7.26. The molecule has 0 saturated heterocycles. The third kappa shape index (κ3) is 7.70. The van der Waals surface area contributed by atoms with Gasteiger partial charge in [0, 0.05) is 74.8 Å². The number of hydrogen-bond donors (Lipinski definition) is 0. The van der Waals surface area contributed by atoms with Crippen molar-refractivity contribution in [1.82, 2.24) is 34.7 Å². The van der Waals surface area contributed by atoms with Gasteiger partial charge in [-0.1, -0.05) is 60.7 Å². The van der Waals surface area contributed by atoms with E-state index in [1.54, 1.807) is 0 Å². The molecule has 0 aliphatic rings. The van der Waals surface area contributed by atoms with E-state index in [0.29, 0.717) is 44.8 Å². The first-order valence-electron chi connectivity index (χ1n) is 16.6. The summed E-state index contributed by atoms with van der Waals surface area (Å²) in [4.78, 5) is 41.9. The van der Waals surface area contributed by atoms with Gasteiger partial charge in [-0.15, -0.1) is 0 Å². The summed E-state index contributed by atoms with van der Waals surface area (Å²) < 4.78 is 5.39. The Bertz CT molecular complexity index is 1950. The Morgan fingerprint density at radius 1 is 0.500 bits per heavy atom. The summed E-state index contributed by atoms with van der Waals surface area (Å²) >= 11 is 0. The first-order valence-corrected chi connectivity index (χ1v) is 16.6. The van der Waals surface area contributed by atoms with Crippen molar-refractivity contribution in [2.45, 2.75) is 39.3 Å². The van der Waals surface area contributed by atoms with Gasteiger partial charge < -0.3 is 4.74 Å². The first-order chi connectivity index (χ1) is 24.6. The van der Waals surface area contributed by atoms with Crippen molar-refractivity contribution < 1.29 is 9.53 Å². The van der Waals surface area contributed by atoms with Gasteiger partial charge in [-0.2, -0.15) is 0 Å². The van der Waals surface area contributed by atoms with Crippen LogP contribution in [0, 0.1) is 0 Å². The molecule has 50 heavy (non-hydrogen) atoms. The van der Waals surface area contributed by atoms with Gasteiger partial charge in [-0.3, -0.25) is 29.7 Å². The van der Waals surface area contributed by atoms with Gasteiger partial charge in [0.1, 0.15) is 0 Å². The zero-order chi connectivity index (χ0) is 34.1. The second kappa shape index (κ2) is 15.5. The molecule has 0 atom stereocenters. The lowest BCUT2D eigenvalue weighted by molar-refractivity contribution is 0.0605. The molecule has 5 aromatic heterocycles. The summed E-state index contributed by atoms with van der Waals surface area (Å²) in [5.74, 6) is -0.394. The molecule has 9 heteroatoms. The number of esters is 1. The standard InChI is InChI=1S/C41H37N7O2/c1-50-41(49)38-36-18-10-12-30(24-47(26-32-14-2-6-20-42-32)27-33-15-3-7-21-43-33)39(36)46-40-31(13-11-19-37(38)40)25-48(28-34-16-4-8-22-44-34)29-35-17-5-9-23-45-35/h2-23H,24-29H2,1H3. The van der Waals surface area contributed by atoms with E-state index in [2.05, 4.69) is 41.9 Å². The van der Waals surface area contributed by atoms with E-state index >= 15 is 0 Å². The molecule has 0 amide bonds. The van der Waals surface area contributed by atoms with E-state index in [4.69, 9.17) is 9.72 Å². The van der Waals surface area contributed by atoms with Crippen molar-refractivity contribution in [2.75, 3.05) is 7.11 Å². The number of para-hydroxylation sites is 2. The molecule has 0 N–H and O–H groups in total. The SMILES string of the molecule is COC(=O)c1c2cccc(CN(Cc3ccccn3)Cc3ccccn3)c2nc2c(CN(Cc3ccccn3)Cc3ccccn3)cccc12. The third-order valence-corrected chi connectivity index (χ3v) is 8.63. The van der Waals surface area contributed by atoms with Crippen LogP contribution in [0.15, 0.2) is 134 Å². The van der Waals surface area contributed by atoms with Gasteiger partial charge in [0.25, 0.3) is 0 Å². The molecular weight excluding hydrogens is 622 g/mol. The number of fused-ring (bicyclic) bond motifs is 2. The maximum absolute atomic E-state index is 13.6. The Balaban J connectivity index is 1.32. The van der Waals surface area contributed by atoms with Crippen molar-refractivity contribution in [1.29, 1.82) is 0 Å². The van der Waals surface area contributed by atoms with Crippen LogP contribution in [0.4, 0.5) is 0 Å². The number of aromatic nitrogens is 5. The molecule has 2 aromatic carbocycles. The Morgan fingerprint density at radius 2 is 0.880 bits per heavy atom. The summed E-state index contributed by atoms with van der Waals surface area (Å²) in [7, 11) is 1.43. The normalized spacial score (nSPS) is 11.4. The van der Waals surface area contributed by atoms with E-state index in [-0.39, 0.29) is 0 Å². The molecule has 0 saturated carbocycles. The van der Waals surface area contributed by atoms with Crippen LogP contribution in [-0.2, 0) is 44.0 Å². The lowest BCUT2D eigenvalue weighted by Crippen LogP contribution is -2.24. The molecule has 0 radical (unpaired) electrons. The highest BCUT2D eigenvalue weighted by atomic mass is 16.5. The molecule has 7 rings (SSSR count). The molecule has 5 heterocycles. The fourth-order valence-electron chi connectivity index (χ4n) is 6.38.